The Kier molecular flexibility index (Phi) is 8.44. The molecule has 2 aromatic rings. The fourth-order valence-corrected chi connectivity index (χ4v) is 2.77. The Morgan fingerprint density at radius 3 is 2.32 bits per heavy atom. The summed E-state index contributed by atoms with van der Waals surface area (Å²) in [6.07, 6.45) is -5.18. The highest BCUT2D eigenvalue weighted by atomic mass is 35.5. The summed E-state index contributed by atoms with van der Waals surface area (Å²) < 4.78 is 49.1. The lowest BCUT2D eigenvalue weighted by atomic mass is 10.1. The van der Waals surface area contributed by atoms with E-state index in [1.54, 1.807) is 24.3 Å². The maximum atomic E-state index is 13.0. The Balaban J connectivity index is 1.84. The summed E-state index contributed by atoms with van der Waals surface area (Å²) in [4.78, 5) is 35.8. The van der Waals surface area contributed by atoms with Gasteiger partial charge >= 0.3 is 12.1 Å². The summed E-state index contributed by atoms with van der Waals surface area (Å²) in [6, 6.07) is 9.43. The van der Waals surface area contributed by atoms with Crippen LogP contribution in [0.4, 0.5) is 18.9 Å². The van der Waals surface area contributed by atoms with E-state index in [9.17, 15) is 27.6 Å². The zero-order valence-electron chi connectivity index (χ0n) is 16.4. The molecule has 0 spiro atoms. The molecule has 0 radical (unpaired) electrons. The first kappa shape index (κ1) is 24.2. The third kappa shape index (κ3) is 7.29. The Hall–Kier alpha value is -3.07. The highest BCUT2D eigenvalue weighted by Crippen LogP contribution is 2.38. The molecule has 0 unspecified atom stereocenters. The number of hydrogen-bond donors (Lipinski definition) is 1. The number of alkyl halides is 3. The third-order valence-corrected chi connectivity index (χ3v) is 4.31. The van der Waals surface area contributed by atoms with Crippen molar-refractivity contribution >= 4 is 34.9 Å². The first-order valence-electron chi connectivity index (χ1n) is 9.19. The van der Waals surface area contributed by atoms with Crippen molar-refractivity contribution in [1.29, 1.82) is 0 Å². The third-order valence-electron chi connectivity index (χ3n) is 3.99. The largest absolute Gasteiger partial charge is 0.494 e. The van der Waals surface area contributed by atoms with Crippen LogP contribution in [0.15, 0.2) is 42.5 Å². The van der Waals surface area contributed by atoms with Crippen molar-refractivity contribution in [1.82, 2.24) is 0 Å². The van der Waals surface area contributed by atoms with Crippen molar-refractivity contribution in [3.8, 4) is 5.75 Å². The molecular weight excluding hydrogens is 439 g/mol. The second-order valence-corrected chi connectivity index (χ2v) is 6.66. The number of carbonyl (C=O) groups excluding carboxylic acids is 3. The zero-order valence-corrected chi connectivity index (χ0v) is 17.2. The van der Waals surface area contributed by atoms with Crippen LogP contribution >= 0.6 is 11.6 Å². The number of rotatable bonds is 9. The van der Waals surface area contributed by atoms with Crippen LogP contribution in [0, 0.1) is 0 Å². The number of esters is 1. The van der Waals surface area contributed by atoms with Gasteiger partial charge in [-0.05, 0) is 43.3 Å². The molecular formula is C21H19ClF3NO5. The SMILES string of the molecule is CCOc1ccc(C(=O)CCC(=O)OCC(=O)Nc2c(Cl)cccc2C(F)(F)F)cc1. The van der Waals surface area contributed by atoms with Gasteiger partial charge in [-0.3, -0.25) is 14.4 Å². The van der Waals surface area contributed by atoms with Gasteiger partial charge < -0.3 is 14.8 Å². The van der Waals surface area contributed by atoms with E-state index >= 15 is 0 Å². The Labute approximate surface area is 181 Å². The van der Waals surface area contributed by atoms with Crippen LogP contribution in [0.1, 0.15) is 35.7 Å². The predicted octanol–water partition coefficient (Wildman–Crippen LogP) is 4.90. The van der Waals surface area contributed by atoms with Gasteiger partial charge in [-0.15, -0.1) is 0 Å². The summed E-state index contributed by atoms with van der Waals surface area (Å²) in [5, 5.41) is 1.69. The molecule has 1 N–H and O–H groups in total. The quantitative estimate of drug-likeness (QED) is 0.428. The van der Waals surface area contributed by atoms with Crippen molar-refractivity contribution in [2.24, 2.45) is 0 Å². The van der Waals surface area contributed by atoms with E-state index in [0.717, 1.165) is 12.1 Å². The second kappa shape index (κ2) is 10.8. The van der Waals surface area contributed by atoms with Crippen LogP contribution in [0.25, 0.3) is 0 Å². The molecule has 0 atom stereocenters. The maximum absolute atomic E-state index is 13.0. The summed E-state index contributed by atoms with van der Waals surface area (Å²) >= 11 is 5.74. The van der Waals surface area contributed by atoms with Gasteiger partial charge in [0.05, 0.1) is 29.3 Å². The van der Waals surface area contributed by atoms with Crippen molar-refractivity contribution in [2.75, 3.05) is 18.5 Å². The number of hydrogen-bond acceptors (Lipinski definition) is 5. The van der Waals surface area contributed by atoms with Gasteiger partial charge in [0.1, 0.15) is 5.75 Å². The molecule has 0 saturated heterocycles. The molecule has 166 valence electrons. The van der Waals surface area contributed by atoms with E-state index in [1.807, 2.05) is 12.2 Å². The van der Waals surface area contributed by atoms with Gasteiger partial charge in [-0.2, -0.15) is 13.2 Å². The number of carbonyl (C=O) groups is 3. The van der Waals surface area contributed by atoms with Gasteiger partial charge in [0.15, 0.2) is 12.4 Å². The van der Waals surface area contributed by atoms with E-state index < -0.39 is 35.9 Å². The van der Waals surface area contributed by atoms with Crippen molar-refractivity contribution in [3.05, 3.63) is 58.6 Å². The fourth-order valence-electron chi connectivity index (χ4n) is 2.54. The highest BCUT2D eigenvalue weighted by Gasteiger charge is 2.34. The number of ether oxygens (including phenoxy) is 2. The first-order chi connectivity index (χ1) is 14.6. The summed E-state index contributed by atoms with van der Waals surface area (Å²) in [6.45, 7) is 1.49. The van der Waals surface area contributed by atoms with Gasteiger partial charge in [0.25, 0.3) is 5.91 Å². The smallest absolute Gasteiger partial charge is 0.418 e. The molecule has 0 fully saturated rings. The molecule has 10 heteroatoms. The number of ketones is 1. The minimum absolute atomic E-state index is 0.156. The highest BCUT2D eigenvalue weighted by molar-refractivity contribution is 6.34. The maximum Gasteiger partial charge on any atom is 0.418 e. The molecule has 0 aromatic heterocycles. The van der Waals surface area contributed by atoms with E-state index in [4.69, 9.17) is 21.1 Å². The Morgan fingerprint density at radius 1 is 1.03 bits per heavy atom. The van der Waals surface area contributed by atoms with Crippen molar-refractivity contribution < 1.29 is 37.0 Å². The monoisotopic (exact) mass is 457 g/mol. The number of para-hydroxylation sites is 1. The molecule has 1 amide bonds. The lowest BCUT2D eigenvalue weighted by Crippen LogP contribution is -2.23. The topological polar surface area (TPSA) is 81.7 Å². The average Bonchev–Trinajstić information content (AvgIpc) is 2.72. The standard InChI is InChI=1S/C21H19ClF3NO5/c1-2-30-14-8-6-13(7-9-14)17(27)10-11-19(29)31-12-18(28)26-20-15(21(23,24)25)4-3-5-16(20)22/h3-9H,2,10-12H2,1H3,(H,26,28). The lowest BCUT2D eigenvalue weighted by molar-refractivity contribution is -0.147. The van der Waals surface area contributed by atoms with E-state index in [-0.39, 0.29) is 23.6 Å². The molecule has 0 bridgehead atoms. The van der Waals surface area contributed by atoms with Gasteiger partial charge in [0, 0.05) is 12.0 Å². The predicted molar refractivity (Wildman–Crippen MR) is 107 cm³/mol. The average molecular weight is 458 g/mol. The molecule has 6 nitrogen and oxygen atoms in total. The van der Waals surface area contributed by atoms with Crippen LogP contribution in [-0.2, 0) is 20.5 Å². The van der Waals surface area contributed by atoms with Gasteiger partial charge in [-0.25, -0.2) is 0 Å². The summed E-state index contributed by atoms with van der Waals surface area (Å²) in [5.74, 6) is -1.54. The van der Waals surface area contributed by atoms with Crippen molar-refractivity contribution in [2.45, 2.75) is 25.9 Å². The minimum Gasteiger partial charge on any atom is -0.494 e. The summed E-state index contributed by atoms with van der Waals surface area (Å²) in [5.41, 5.74) is -1.36. The molecule has 0 aliphatic carbocycles. The molecule has 0 aliphatic heterocycles. The number of nitrogens with one attached hydrogen (secondary N) is 1. The van der Waals surface area contributed by atoms with Gasteiger partial charge in [0.2, 0.25) is 0 Å². The summed E-state index contributed by atoms with van der Waals surface area (Å²) in [7, 11) is 0. The van der Waals surface area contributed by atoms with E-state index in [0.29, 0.717) is 17.9 Å². The lowest BCUT2D eigenvalue weighted by Gasteiger charge is -2.15. The zero-order chi connectivity index (χ0) is 23.0. The second-order valence-electron chi connectivity index (χ2n) is 6.25. The molecule has 0 heterocycles. The van der Waals surface area contributed by atoms with Crippen molar-refractivity contribution in [3.63, 3.8) is 0 Å². The number of Topliss-reactive ketones (excluding diaryl/α,β-unsaturated/α-hetero) is 1. The normalized spacial score (nSPS) is 11.0. The van der Waals surface area contributed by atoms with E-state index in [2.05, 4.69) is 0 Å². The number of amides is 1. The molecule has 31 heavy (non-hydrogen) atoms. The van der Waals surface area contributed by atoms with E-state index in [1.165, 1.54) is 6.07 Å². The first-order valence-corrected chi connectivity index (χ1v) is 9.57. The minimum atomic E-state index is -4.73. The molecule has 2 rings (SSSR count). The number of halogens is 4. The van der Waals surface area contributed by atoms with Crippen LogP contribution in [0.5, 0.6) is 5.75 Å². The van der Waals surface area contributed by atoms with Crippen LogP contribution < -0.4 is 10.1 Å². The molecule has 0 saturated carbocycles. The molecule has 2 aromatic carbocycles. The van der Waals surface area contributed by atoms with Crippen LogP contribution in [0.2, 0.25) is 5.02 Å². The fraction of sp³-hybridized carbons (Fsp3) is 0.286. The van der Waals surface area contributed by atoms with Crippen LogP contribution in [0.3, 0.4) is 0 Å². The van der Waals surface area contributed by atoms with Crippen LogP contribution in [-0.4, -0.2) is 30.9 Å². The molecule has 0 aliphatic rings. The Bertz CT molecular complexity index is 945. The Morgan fingerprint density at radius 2 is 1.71 bits per heavy atom. The van der Waals surface area contributed by atoms with Gasteiger partial charge in [-0.1, -0.05) is 17.7 Å². The number of anilines is 1. The number of benzene rings is 2.